The fraction of sp³-hybridized carbons (Fsp3) is 0.583. The van der Waals surface area contributed by atoms with E-state index < -0.39 is 5.60 Å². The Balaban J connectivity index is 2.35. The fourth-order valence-electron chi connectivity index (χ4n) is 1.43. The van der Waals surface area contributed by atoms with Gasteiger partial charge in [-0.1, -0.05) is 6.08 Å². The van der Waals surface area contributed by atoms with E-state index in [2.05, 4.69) is 5.32 Å². The van der Waals surface area contributed by atoms with Gasteiger partial charge in [0.05, 0.1) is 0 Å². The molecule has 0 unspecified atom stereocenters. The van der Waals surface area contributed by atoms with Gasteiger partial charge in [0.2, 0.25) is 0 Å². The average Bonchev–Trinajstić information content (AvgIpc) is 2.12. The highest BCUT2D eigenvalue weighted by Gasteiger charge is 2.16. The Hall–Kier alpha value is -1.45. The van der Waals surface area contributed by atoms with Crippen molar-refractivity contribution in [2.24, 2.45) is 5.73 Å². The molecule has 4 heteroatoms. The standard InChI is InChI=1S/C12H20N2O2/c1-12(2,3)16-11(15)14-8-9-5-4-6-10(13)7-9/h6-7H,4-5,8,13H2,1-3H3,(H,14,15). The van der Waals surface area contributed by atoms with E-state index >= 15 is 0 Å². The zero-order valence-corrected chi connectivity index (χ0v) is 10.2. The van der Waals surface area contributed by atoms with Gasteiger partial charge in [-0.05, 0) is 45.3 Å². The molecule has 0 fully saturated rings. The van der Waals surface area contributed by atoms with Gasteiger partial charge in [-0.25, -0.2) is 4.79 Å². The molecule has 0 aliphatic heterocycles. The largest absolute Gasteiger partial charge is 0.444 e. The highest BCUT2D eigenvalue weighted by atomic mass is 16.6. The van der Waals surface area contributed by atoms with Crippen LogP contribution in [0, 0.1) is 0 Å². The molecule has 3 N–H and O–H groups in total. The number of hydrogen-bond acceptors (Lipinski definition) is 3. The number of nitrogens with two attached hydrogens (primary N) is 1. The molecule has 0 aromatic rings. The summed E-state index contributed by atoms with van der Waals surface area (Å²) in [5, 5.41) is 2.72. The summed E-state index contributed by atoms with van der Waals surface area (Å²) in [4.78, 5) is 11.4. The maximum atomic E-state index is 11.4. The van der Waals surface area contributed by atoms with Gasteiger partial charge in [0, 0.05) is 12.2 Å². The minimum atomic E-state index is -0.454. The van der Waals surface area contributed by atoms with E-state index in [1.165, 1.54) is 0 Å². The molecule has 0 saturated carbocycles. The van der Waals surface area contributed by atoms with E-state index in [1.807, 2.05) is 32.9 Å². The van der Waals surface area contributed by atoms with Crippen LogP contribution < -0.4 is 11.1 Å². The molecule has 4 nitrogen and oxygen atoms in total. The molecule has 0 radical (unpaired) electrons. The Morgan fingerprint density at radius 1 is 1.56 bits per heavy atom. The van der Waals surface area contributed by atoms with Crippen LogP contribution in [0.4, 0.5) is 4.79 Å². The van der Waals surface area contributed by atoms with Crippen LogP contribution in [-0.2, 0) is 4.74 Å². The molecule has 1 amide bonds. The maximum absolute atomic E-state index is 11.4. The number of amides is 1. The van der Waals surface area contributed by atoms with Crippen LogP contribution in [0.5, 0.6) is 0 Å². The Kier molecular flexibility index (Phi) is 3.99. The van der Waals surface area contributed by atoms with Crippen LogP contribution in [0.15, 0.2) is 23.4 Å². The number of rotatable bonds is 2. The number of nitrogens with one attached hydrogen (secondary N) is 1. The van der Waals surface area contributed by atoms with Crippen molar-refractivity contribution in [1.29, 1.82) is 0 Å². The Labute approximate surface area is 96.5 Å². The van der Waals surface area contributed by atoms with Crippen LogP contribution in [-0.4, -0.2) is 18.2 Å². The summed E-state index contributed by atoms with van der Waals surface area (Å²) in [5.74, 6) is 0. The van der Waals surface area contributed by atoms with Crippen molar-refractivity contribution < 1.29 is 9.53 Å². The summed E-state index contributed by atoms with van der Waals surface area (Å²) < 4.78 is 5.13. The monoisotopic (exact) mass is 224 g/mol. The molecule has 0 aromatic heterocycles. The second-order valence-electron chi connectivity index (χ2n) is 4.90. The Bertz CT molecular complexity index is 324. The first kappa shape index (κ1) is 12.6. The van der Waals surface area contributed by atoms with Crippen molar-refractivity contribution in [3.05, 3.63) is 23.4 Å². The zero-order chi connectivity index (χ0) is 12.2. The van der Waals surface area contributed by atoms with Gasteiger partial charge in [0.15, 0.2) is 0 Å². The molecule has 0 atom stereocenters. The first-order valence-electron chi connectivity index (χ1n) is 5.49. The van der Waals surface area contributed by atoms with Crippen LogP contribution in [0.3, 0.4) is 0 Å². The Morgan fingerprint density at radius 2 is 2.25 bits per heavy atom. The van der Waals surface area contributed by atoms with Gasteiger partial charge in [0.25, 0.3) is 0 Å². The lowest BCUT2D eigenvalue weighted by atomic mass is 10.0. The van der Waals surface area contributed by atoms with Crippen molar-refractivity contribution in [1.82, 2.24) is 5.32 Å². The molecule has 90 valence electrons. The number of carbonyl (C=O) groups excluding carboxylic acids is 1. The van der Waals surface area contributed by atoms with Crippen molar-refractivity contribution >= 4 is 6.09 Å². The minimum Gasteiger partial charge on any atom is -0.444 e. The molecule has 1 aliphatic rings. The lowest BCUT2D eigenvalue weighted by Gasteiger charge is -2.20. The van der Waals surface area contributed by atoms with Crippen LogP contribution in [0.1, 0.15) is 33.6 Å². The van der Waals surface area contributed by atoms with E-state index in [9.17, 15) is 4.79 Å². The number of alkyl carbamates (subject to hydrolysis) is 1. The third-order valence-electron chi connectivity index (χ3n) is 2.07. The summed E-state index contributed by atoms with van der Waals surface area (Å²) in [6.07, 6.45) is 5.38. The number of allylic oxidation sites excluding steroid dienone is 2. The van der Waals surface area contributed by atoms with Crippen LogP contribution in [0.2, 0.25) is 0 Å². The molecular weight excluding hydrogens is 204 g/mol. The average molecular weight is 224 g/mol. The second-order valence-corrected chi connectivity index (χ2v) is 4.90. The summed E-state index contributed by atoms with van der Waals surface area (Å²) in [6.45, 7) is 6.02. The van der Waals surface area contributed by atoms with E-state index in [4.69, 9.17) is 10.5 Å². The SMILES string of the molecule is CC(C)(C)OC(=O)NCC1=CC(N)=CCC1. The summed E-state index contributed by atoms with van der Waals surface area (Å²) >= 11 is 0. The van der Waals surface area contributed by atoms with Crippen molar-refractivity contribution in [2.75, 3.05) is 6.54 Å². The molecule has 0 heterocycles. The quantitative estimate of drug-likeness (QED) is 0.754. The van der Waals surface area contributed by atoms with Gasteiger partial charge in [-0.3, -0.25) is 0 Å². The molecule has 0 aromatic carbocycles. The molecular formula is C12H20N2O2. The zero-order valence-electron chi connectivity index (χ0n) is 10.2. The molecule has 1 aliphatic carbocycles. The summed E-state index contributed by atoms with van der Waals surface area (Å²) in [6, 6.07) is 0. The van der Waals surface area contributed by atoms with Gasteiger partial charge in [0.1, 0.15) is 5.60 Å². The maximum Gasteiger partial charge on any atom is 0.407 e. The predicted octanol–water partition coefficient (Wildman–Crippen LogP) is 2.07. The molecule has 16 heavy (non-hydrogen) atoms. The topological polar surface area (TPSA) is 64.3 Å². The van der Waals surface area contributed by atoms with Crippen molar-refractivity contribution in [2.45, 2.75) is 39.2 Å². The van der Waals surface area contributed by atoms with E-state index in [0.29, 0.717) is 6.54 Å². The number of ether oxygens (including phenoxy) is 1. The summed E-state index contributed by atoms with van der Waals surface area (Å²) in [5.41, 5.74) is 7.12. The minimum absolute atomic E-state index is 0.387. The highest BCUT2D eigenvalue weighted by molar-refractivity contribution is 5.68. The van der Waals surface area contributed by atoms with Gasteiger partial charge in [-0.15, -0.1) is 0 Å². The first-order valence-corrected chi connectivity index (χ1v) is 5.49. The third-order valence-corrected chi connectivity index (χ3v) is 2.07. The highest BCUT2D eigenvalue weighted by Crippen LogP contribution is 2.13. The smallest absolute Gasteiger partial charge is 0.407 e. The number of carbonyl (C=O) groups is 1. The van der Waals surface area contributed by atoms with E-state index in [-0.39, 0.29) is 6.09 Å². The fourth-order valence-corrected chi connectivity index (χ4v) is 1.43. The van der Waals surface area contributed by atoms with Crippen LogP contribution >= 0.6 is 0 Å². The molecule has 1 rings (SSSR count). The lowest BCUT2D eigenvalue weighted by molar-refractivity contribution is 0.0532. The normalized spacial score (nSPS) is 16.2. The van der Waals surface area contributed by atoms with Crippen molar-refractivity contribution in [3.63, 3.8) is 0 Å². The van der Waals surface area contributed by atoms with Crippen LogP contribution in [0.25, 0.3) is 0 Å². The van der Waals surface area contributed by atoms with Gasteiger partial charge >= 0.3 is 6.09 Å². The summed E-state index contributed by atoms with van der Waals surface area (Å²) in [7, 11) is 0. The molecule has 0 bridgehead atoms. The molecule has 0 saturated heterocycles. The van der Waals surface area contributed by atoms with E-state index in [0.717, 1.165) is 24.1 Å². The third kappa shape index (κ3) is 4.87. The van der Waals surface area contributed by atoms with Gasteiger partial charge < -0.3 is 15.8 Å². The molecule has 0 spiro atoms. The lowest BCUT2D eigenvalue weighted by Crippen LogP contribution is -2.33. The van der Waals surface area contributed by atoms with Gasteiger partial charge in [-0.2, -0.15) is 0 Å². The van der Waals surface area contributed by atoms with E-state index in [1.54, 1.807) is 0 Å². The van der Waals surface area contributed by atoms with Crippen molar-refractivity contribution in [3.8, 4) is 0 Å². The second kappa shape index (κ2) is 5.05. The first-order chi connectivity index (χ1) is 7.37. The Morgan fingerprint density at radius 3 is 2.81 bits per heavy atom. The predicted molar refractivity (Wildman–Crippen MR) is 63.8 cm³/mol. The number of hydrogen-bond donors (Lipinski definition) is 2.